The highest BCUT2D eigenvalue weighted by atomic mass is 16.9. The van der Waals surface area contributed by atoms with Gasteiger partial charge < -0.3 is 43.6 Å². The molecule has 0 unspecified atom stereocenters. The van der Waals surface area contributed by atoms with Crippen molar-refractivity contribution in [2.45, 2.75) is 31.7 Å². The lowest BCUT2D eigenvalue weighted by molar-refractivity contribution is -0.742. The molecule has 3 aliphatic rings. The minimum absolute atomic E-state index is 0.0940. The summed E-state index contributed by atoms with van der Waals surface area (Å²) in [6.07, 6.45) is 2.86. The van der Waals surface area contributed by atoms with Gasteiger partial charge in [-0.3, -0.25) is 9.89 Å². The summed E-state index contributed by atoms with van der Waals surface area (Å²) < 4.78 is 43.2. The van der Waals surface area contributed by atoms with Crippen LogP contribution in [0.2, 0.25) is 0 Å². The maximum Gasteiger partial charge on any atom is 0.291 e. The number of aliphatic imine (C=N–C) groups is 1. The monoisotopic (exact) mass is 762 g/mol. The first-order valence-corrected chi connectivity index (χ1v) is 17.0. The molecule has 0 radical (unpaired) electrons. The Morgan fingerprint density at radius 3 is 2.11 bits per heavy atom. The molecule has 0 aliphatic carbocycles. The molecule has 0 saturated heterocycles. The Morgan fingerprint density at radius 1 is 0.782 bits per heavy atom. The zero-order valence-electron chi connectivity index (χ0n) is 31.2. The second-order valence-corrected chi connectivity index (χ2v) is 12.5. The normalized spacial score (nSPS) is 15.2. The van der Waals surface area contributed by atoms with Crippen molar-refractivity contribution in [2.24, 2.45) is 4.99 Å². The molecule has 292 valence electrons. The van der Waals surface area contributed by atoms with E-state index in [1.54, 1.807) is 35.5 Å². The van der Waals surface area contributed by atoms with Crippen LogP contribution in [-0.4, -0.2) is 86.9 Å². The van der Waals surface area contributed by atoms with E-state index < -0.39 is 10.2 Å². The van der Waals surface area contributed by atoms with Gasteiger partial charge in [0.05, 0.1) is 35.5 Å². The van der Waals surface area contributed by atoms with Crippen LogP contribution in [0.5, 0.6) is 51.7 Å². The van der Waals surface area contributed by atoms with E-state index in [1.807, 2.05) is 18.2 Å². The molecule has 1 atom stereocenters. The fourth-order valence-electron chi connectivity index (χ4n) is 7.10. The summed E-state index contributed by atoms with van der Waals surface area (Å²) in [5.41, 5.74) is 7.38. The summed E-state index contributed by atoms with van der Waals surface area (Å²) in [7, 11) is 10.4. The maximum atomic E-state index is 8.36. The van der Waals surface area contributed by atoms with Gasteiger partial charge in [-0.2, -0.15) is 0 Å². The molecule has 17 heteroatoms. The summed E-state index contributed by atoms with van der Waals surface area (Å²) in [6, 6.07) is 18.3. The first kappa shape index (κ1) is 39.7. The Balaban J connectivity index is 0.000000663. The second-order valence-electron chi connectivity index (χ2n) is 12.5. The lowest BCUT2D eigenvalue weighted by Gasteiger charge is -2.37. The summed E-state index contributed by atoms with van der Waals surface area (Å²) >= 11 is 0. The number of nitrogens with zero attached hydrogens (tertiary/aromatic N) is 4. The number of methoxy groups -OCH3 is 5. The van der Waals surface area contributed by atoms with Gasteiger partial charge in [0, 0.05) is 48.0 Å². The van der Waals surface area contributed by atoms with Crippen LogP contribution >= 0.6 is 0 Å². The predicted octanol–water partition coefficient (Wildman–Crippen LogP) is 6.29. The highest BCUT2D eigenvalue weighted by Gasteiger charge is 2.37. The quantitative estimate of drug-likeness (QED) is 0.169. The first-order valence-electron chi connectivity index (χ1n) is 17.0. The van der Waals surface area contributed by atoms with Crippen molar-refractivity contribution in [1.82, 2.24) is 4.90 Å². The smallest absolute Gasteiger partial charge is 0.291 e. The molecule has 4 aromatic rings. The van der Waals surface area contributed by atoms with E-state index in [1.165, 1.54) is 5.56 Å². The van der Waals surface area contributed by atoms with Gasteiger partial charge in [-0.05, 0) is 79.4 Å². The van der Waals surface area contributed by atoms with Gasteiger partial charge in [-0.1, -0.05) is 18.2 Å². The molecule has 0 fully saturated rings. The highest BCUT2D eigenvalue weighted by molar-refractivity contribution is 6.04. The number of fused-ring (bicyclic) bond motifs is 5. The number of likely N-dealkylation sites (N-methyl/N-ethyl adjacent to an activating group) is 1. The second kappa shape index (κ2) is 17.6. The molecule has 6 bridgehead atoms. The van der Waals surface area contributed by atoms with Crippen molar-refractivity contribution in [3.05, 3.63) is 108 Å². The van der Waals surface area contributed by atoms with Crippen LogP contribution in [-0.2, 0) is 25.7 Å². The number of benzene rings is 4. The van der Waals surface area contributed by atoms with Crippen LogP contribution in [0.25, 0.3) is 0 Å². The fourth-order valence-corrected chi connectivity index (χ4v) is 7.10. The Hall–Kier alpha value is -6.49. The lowest BCUT2D eigenvalue weighted by Crippen LogP contribution is -2.34. The summed E-state index contributed by atoms with van der Waals surface area (Å²) in [5.74, 6) is 5.46. The summed E-state index contributed by atoms with van der Waals surface area (Å²) in [5, 5.41) is 27.3. The van der Waals surface area contributed by atoms with Crippen LogP contribution in [0, 0.1) is 20.2 Å². The maximum absolute atomic E-state index is 8.36. The molecule has 7 rings (SSSR count). The van der Waals surface area contributed by atoms with E-state index in [9.17, 15) is 0 Å². The van der Waals surface area contributed by atoms with E-state index in [4.69, 9.17) is 68.8 Å². The van der Waals surface area contributed by atoms with Crippen molar-refractivity contribution < 1.29 is 53.7 Å². The fraction of sp³-hybridized carbons (Fsp3) is 0.342. The van der Waals surface area contributed by atoms with Crippen molar-refractivity contribution >= 4 is 5.71 Å². The van der Waals surface area contributed by atoms with Crippen LogP contribution in [0.4, 0.5) is 0 Å². The summed E-state index contributed by atoms with van der Waals surface area (Å²) in [4.78, 5) is 24.1. The molecule has 3 heterocycles. The highest BCUT2D eigenvalue weighted by Crippen LogP contribution is 2.56. The first-order chi connectivity index (χ1) is 26.4. The zero-order chi connectivity index (χ0) is 39.8. The minimum atomic E-state index is -1.50. The van der Waals surface area contributed by atoms with Crippen molar-refractivity contribution in [1.29, 1.82) is 0 Å². The van der Waals surface area contributed by atoms with Gasteiger partial charge in [0.1, 0.15) is 5.75 Å². The summed E-state index contributed by atoms with van der Waals surface area (Å²) in [6.45, 7) is 1.52. The van der Waals surface area contributed by atoms with Crippen LogP contribution in [0.1, 0.15) is 39.4 Å². The van der Waals surface area contributed by atoms with Gasteiger partial charge in [-0.25, -0.2) is 0 Å². The number of hydrogen-bond acceptors (Lipinski definition) is 13. The van der Waals surface area contributed by atoms with Crippen LogP contribution in [0.15, 0.2) is 59.6 Å². The van der Waals surface area contributed by atoms with Gasteiger partial charge >= 0.3 is 0 Å². The third kappa shape index (κ3) is 8.84. The van der Waals surface area contributed by atoms with Crippen molar-refractivity contribution in [3.63, 3.8) is 0 Å². The molecule has 17 nitrogen and oxygen atoms in total. The molecule has 0 spiro atoms. The largest absolute Gasteiger partial charge is 0.493 e. The third-order valence-electron chi connectivity index (χ3n) is 9.41. The lowest BCUT2D eigenvalue weighted by atomic mass is 9.86. The van der Waals surface area contributed by atoms with Gasteiger partial charge in [-0.15, -0.1) is 20.2 Å². The van der Waals surface area contributed by atoms with E-state index in [-0.39, 0.29) is 6.04 Å². The van der Waals surface area contributed by atoms with E-state index in [0.717, 1.165) is 58.7 Å². The Kier molecular flexibility index (Phi) is 12.7. The van der Waals surface area contributed by atoms with E-state index in [0.29, 0.717) is 65.4 Å². The van der Waals surface area contributed by atoms with Crippen molar-refractivity contribution in [2.75, 3.05) is 55.7 Å². The standard InChI is InChI=1S/C38H40N2O7.2HNO3/c1-40-15-13-26-34-29(40)18-23-10-11-30(41-2)32(19-23)46-25-9-7-8-22(16-25)17-28-27-21-33(31(42-3)20-24(27)12-14-39-28)47-36(34)38(45-6)37(44-5)35(26)43-4;2*2-1(3)4/h7-11,16,19-21,29H,12-15,17-18H2,1-6H3;2*(H,2,3,4)/t29-;;/m0../s1. The number of ether oxygens (including phenoxy) is 7. The van der Waals surface area contributed by atoms with Gasteiger partial charge in [0.25, 0.3) is 10.2 Å². The average molecular weight is 763 g/mol. The molecular formula is C38H42N4O13. The molecular weight excluding hydrogens is 720 g/mol. The Bertz CT molecular complexity index is 2070. The SMILES string of the molecule is COc1ccc2cc1Oc1cccc(c1)CC1=NCCc3cc(OC)c(cc31)Oc1c(OC)c(OC)c(OC)c3c1[C@H](C2)N(C)CC3.O=[N+]([O-])O.O=[N+]([O-])O. The molecule has 0 aromatic heterocycles. The molecule has 0 amide bonds. The third-order valence-corrected chi connectivity index (χ3v) is 9.41. The van der Waals surface area contributed by atoms with Crippen molar-refractivity contribution in [3.8, 4) is 51.7 Å². The van der Waals surface area contributed by atoms with E-state index in [2.05, 4.69) is 48.3 Å². The number of rotatable bonds is 5. The predicted molar refractivity (Wildman–Crippen MR) is 198 cm³/mol. The molecule has 3 aliphatic heterocycles. The van der Waals surface area contributed by atoms with Crippen LogP contribution in [0.3, 0.4) is 0 Å². The van der Waals surface area contributed by atoms with Gasteiger partial charge in [0.2, 0.25) is 11.5 Å². The van der Waals surface area contributed by atoms with E-state index >= 15 is 0 Å². The average Bonchev–Trinajstić information content (AvgIpc) is 3.15. The topological polar surface area (TPSA) is 207 Å². The molecule has 0 saturated carbocycles. The molecule has 55 heavy (non-hydrogen) atoms. The van der Waals surface area contributed by atoms with Crippen LogP contribution < -0.4 is 33.2 Å². The molecule has 4 aromatic carbocycles. The number of hydrogen-bond donors (Lipinski definition) is 2. The molecule has 2 N–H and O–H groups in total. The minimum Gasteiger partial charge on any atom is -0.493 e. The van der Waals surface area contributed by atoms with Gasteiger partial charge in [0.15, 0.2) is 34.5 Å². The Morgan fingerprint density at radius 2 is 1.45 bits per heavy atom. The zero-order valence-corrected chi connectivity index (χ0v) is 31.2. The Labute approximate surface area is 316 Å².